The summed E-state index contributed by atoms with van der Waals surface area (Å²) >= 11 is 0. The zero-order chi connectivity index (χ0) is 36.1. The summed E-state index contributed by atoms with van der Waals surface area (Å²) in [6, 6.07) is 0. The monoisotopic (exact) mass is 719 g/mol. The molecule has 3 atom stereocenters. The first-order valence-corrected chi connectivity index (χ1v) is 21.3. The molecule has 0 heterocycles. The molecule has 0 aliphatic rings. The van der Waals surface area contributed by atoms with Crippen LogP contribution in [-0.4, -0.2) is 66.3 Å². The van der Waals surface area contributed by atoms with Crippen molar-refractivity contribution in [2.45, 2.75) is 187 Å². The third kappa shape index (κ3) is 36.5. The number of carbonyl (C=O) groups is 1. The van der Waals surface area contributed by atoms with Gasteiger partial charge in [0.15, 0.2) is 0 Å². The number of hydrogen-bond donors (Lipinski definition) is 3. The van der Waals surface area contributed by atoms with Crippen molar-refractivity contribution in [2.24, 2.45) is 0 Å². The number of esters is 1. The molecule has 290 valence electrons. The van der Waals surface area contributed by atoms with Crippen LogP contribution in [0.15, 0.2) is 24.3 Å². The minimum Gasteiger partial charge on any atom is -0.457 e. The molecule has 0 spiro atoms. The van der Waals surface area contributed by atoms with Crippen LogP contribution in [0.1, 0.15) is 174 Å². The van der Waals surface area contributed by atoms with Crippen molar-refractivity contribution >= 4 is 13.8 Å². The Morgan fingerprint density at radius 2 is 1.10 bits per heavy atom. The molecule has 0 saturated carbocycles. The number of aliphatic hydroxyl groups excluding tert-OH is 2. The molecule has 0 saturated heterocycles. The second-order valence-electron chi connectivity index (χ2n) is 13.3. The number of phosphoric acid groups is 1. The van der Waals surface area contributed by atoms with Crippen molar-refractivity contribution in [3.63, 3.8) is 0 Å². The first-order valence-electron chi connectivity index (χ1n) is 19.8. The minimum atomic E-state index is -4.51. The number of ether oxygens (including phenoxy) is 2. The van der Waals surface area contributed by atoms with Crippen LogP contribution in [-0.2, 0) is 27.9 Å². The van der Waals surface area contributed by atoms with Crippen molar-refractivity contribution in [1.29, 1.82) is 0 Å². The van der Waals surface area contributed by atoms with Gasteiger partial charge < -0.3 is 24.6 Å². The van der Waals surface area contributed by atoms with Crippen LogP contribution < -0.4 is 0 Å². The number of hydrogen-bond acceptors (Lipinski definition) is 8. The van der Waals surface area contributed by atoms with Gasteiger partial charge in [-0.2, -0.15) is 0 Å². The average Bonchev–Trinajstić information content (AvgIpc) is 3.09. The van der Waals surface area contributed by atoms with E-state index in [9.17, 15) is 19.4 Å². The second kappa shape index (κ2) is 36.7. The number of aliphatic hydroxyl groups is 2. The molecule has 0 rings (SSSR count). The third-order valence-electron chi connectivity index (χ3n) is 8.39. The molecule has 49 heavy (non-hydrogen) atoms. The lowest BCUT2D eigenvalue weighted by molar-refractivity contribution is -0.154. The van der Waals surface area contributed by atoms with Crippen LogP contribution in [0.25, 0.3) is 0 Å². The Bertz CT molecular complexity index is 820. The molecule has 3 unspecified atom stereocenters. The molecule has 10 heteroatoms. The number of carbonyl (C=O) groups excluding carboxylic acids is 1. The van der Waals surface area contributed by atoms with Gasteiger partial charge in [-0.05, 0) is 44.9 Å². The number of unbranched alkanes of at least 4 members (excludes halogenated alkanes) is 20. The van der Waals surface area contributed by atoms with E-state index in [0.29, 0.717) is 6.61 Å². The fourth-order valence-corrected chi connectivity index (χ4v) is 6.12. The second-order valence-corrected chi connectivity index (χ2v) is 14.8. The highest BCUT2D eigenvalue weighted by molar-refractivity contribution is 7.47. The van der Waals surface area contributed by atoms with E-state index in [1.165, 1.54) is 103 Å². The molecule has 0 aromatic rings. The average molecular weight is 719 g/mol. The zero-order valence-corrected chi connectivity index (χ0v) is 32.3. The standard InChI is InChI=1S/C39H75O9P/c1-3-5-7-9-11-13-15-16-17-18-19-20-21-23-25-27-29-31-39(42)48-38(36-47-49(43,44)46-34-37(41)33-40)35-45-32-30-28-26-24-22-14-12-10-8-6-4-2/h11,13,16-17,37-38,40-41H,3-10,12,14-15,18-36H2,1-2H3,(H,43,44)/b13-11-,17-16-. The Balaban J connectivity index is 4.20. The van der Waals surface area contributed by atoms with E-state index in [2.05, 4.69) is 38.2 Å². The summed E-state index contributed by atoms with van der Waals surface area (Å²) in [5.74, 6) is -0.390. The van der Waals surface area contributed by atoms with E-state index in [1.54, 1.807) is 0 Å². The van der Waals surface area contributed by atoms with Crippen molar-refractivity contribution < 1.29 is 43.0 Å². The topological polar surface area (TPSA) is 132 Å². The van der Waals surface area contributed by atoms with Gasteiger partial charge in [0.05, 0.1) is 26.4 Å². The van der Waals surface area contributed by atoms with Gasteiger partial charge >= 0.3 is 13.8 Å². The minimum absolute atomic E-state index is 0.0493. The highest BCUT2D eigenvalue weighted by Gasteiger charge is 2.26. The molecule has 0 fully saturated rings. The zero-order valence-electron chi connectivity index (χ0n) is 31.4. The molecule has 0 aromatic carbocycles. The van der Waals surface area contributed by atoms with E-state index in [4.69, 9.17) is 23.6 Å². The lowest BCUT2D eigenvalue weighted by atomic mass is 10.1. The van der Waals surface area contributed by atoms with Gasteiger partial charge in [0, 0.05) is 13.0 Å². The molecule has 0 aliphatic heterocycles. The van der Waals surface area contributed by atoms with Gasteiger partial charge in [-0.1, -0.05) is 147 Å². The Kier molecular flexibility index (Phi) is 35.9. The highest BCUT2D eigenvalue weighted by Crippen LogP contribution is 2.43. The molecular weight excluding hydrogens is 643 g/mol. The van der Waals surface area contributed by atoms with Crippen molar-refractivity contribution in [3.05, 3.63) is 24.3 Å². The largest absolute Gasteiger partial charge is 0.472 e. The van der Waals surface area contributed by atoms with Crippen LogP contribution in [0.3, 0.4) is 0 Å². The first-order chi connectivity index (χ1) is 23.8. The van der Waals surface area contributed by atoms with Gasteiger partial charge in [0.25, 0.3) is 0 Å². The van der Waals surface area contributed by atoms with E-state index >= 15 is 0 Å². The summed E-state index contributed by atoms with van der Waals surface area (Å²) in [4.78, 5) is 22.5. The van der Waals surface area contributed by atoms with Crippen LogP contribution in [0.5, 0.6) is 0 Å². The molecule has 3 N–H and O–H groups in total. The van der Waals surface area contributed by atoms with Crippen LogP contribution in [0, 0.1) is 0 Å². The number of rotatable bonds is 38. The van der Waals surface area contributed by atoms with E-state index in [0.717, 1.165) is 51.4 Å². The van der Waals surface area contributed by atoms with Gasteiger partial charge in [-0.25, -0.2) is 4.57 Å². The fourth-order valence-electron chi connectivity index (χ4n) is 5.33. The maximum atomic E-state index is 12.6. The molecular formula is C39H75O9P. The quantitative estimate of drug-likeness (QED) is 0.0247. The van der Waals surface area contributed by atoms with Crippen molar-refractivity contribution in [2.75, 3.05) is 33.0 Å². The van der Waals surface area contributed by atoms with Crippen LogP contribution in [0.2, 0.25) is 0 Å². The summed E-state index contributed by atoms with van der Waals surface area (Å²) in [6.07, 6.45) is 35.6. The maximum Gasteiger partial charge on any atom is 0.472 e. The van der Waals surface area contributed by atoms with Gasteiger partial charge in [-0.3, -0.25) is 13.8 Å². The predicted molar refractivity (Wildman–Crippen MR) is 201 cm³/mol. The summed E-state index contributed by atoms with van der Waals surface area (Å²) in [5, 5.41) is 18.3. The molecule has 9 nitrogen and oxygen atoms in total. The van der Waals surface area contributed by atoms with Crippen LogP contribution in [0.4, 0.5) is 0 Å². The molecule has 0 bridgehead atoms. The Morgan fingerprint density at radius 1 is 0.633 bits per heavy atom. The molecule has 0 amide bonds. The van der Waals surface area contributed by atoms with Crippen molar-refractivity contribution in [1.82, 2.24) is 0 Å². The maximum absolute atomic E-state index is 12.6. The summed E-state index contributed by atoms with van der Waals surface area (Å²) in [7, 11) is -4.51. The molecule has 0 radical (unpaired) electrons. The van der Waals surface area contributed by atoms with E-state index in [-0.39, 0.29) is 25.6 Å². The summed E-state index contributed by atoms with van der Waals surface area (Å²) in [6.45, 7) is 3.48. The summed E-state index contributed by atoms with van der Waals surface area (Å²) < 4.78 is 33.2. The Morgan fingerprint density at radius 3 is 1.67 bits per heavy atom. The Hall–Kier alpha value is -1.06. The molecule has 0 aromatic heterocycles. The number of allylic oxidation sites excluding steroid dienone is 4. The normalized spacial score (nSPS) is 14.5. The third-order valence-corrected chi connectivity index (χ3v) is 9.34. The van der Waals surface area contributed by atoms with Gasteiger partial charge in [-0.15, -0.1) is 0 Å². The van der Waals surface area contributed by atoms with Gasteiger partial charge in [0.1, 0.15) is 12.2 Å². The van der Waals surface area contributed by atoms with Gasteiger partial charge in [0.2, 0.25) is 0 Å². The van der Waals surface area contributed by atoms with Crippen molar-refractivity contribution in [3.8, 4) is 0 Å². The smallest absolute Gasteiger partial charge is 0.457 e. The highest BCUT2D eigenvalue weighted by atomic mass is 31.2. The lowest BCUT2D eigenvalue weighted by Crippen LogP contribution is -2.29. The first kappa shape index (κ1) is 47.9. The number of phosphoric ester groups is 1. The fraction of sp³-hybridized carbons (Fsp3) is 0.872. The molecule has 0 aliphatic carbocycles. The SMILES string of the molecule is CCCCC/C=C\C/C=C\CCCCCCCCCC(=O)OC(COCCCCCCCCCCCCC)COP(=O)(O)OCC(O)CO. The summed E-state index contributed by atoms with van der Waals surface area (Å²) in [5.41, 5.74) is 0. The van der Waals surface area contributed by atoms with E-state index in [1.807, 2.05) is 0 Å². The van der Waals surface area contributed by atoms with E-state index < -0.39 is 33.2 Å². The Labute approximate surface area is 300 Å². The van der Waals surface area contributed by atoms with Crippen LogP contribution >= 0.6 is 7.82 Å². The predicted octanol–water partition coefficient (Wildman–Crippen LogP) is 10.3. The lowest BCUT2D eigenvalue weighted by Gasteiger charge is -2.20.